The average Bonchev–Trinajstić information content (AvgIpc) is 3.62. The van der Waals surface area contributed by atoms with Crippen LogP contribution in [0.1, 0.15) is 15.9 Å². The molecule has 3 aromatic rings. The van der Waals surface area contributed by atoms with Crippen LogP contribution < -0.4 is 16.1 Å². The number of carbonyl (C=O) groups is 3. The van der Waals surface area contributed by atoms with Gasteiger partial charge in [0.1, 0.15) is 5.69 Å². The fraction of sp³-hybridized carbons (Fsp3) is 0.360. The van der Waals surface area contributed by atoms with Crippen LogP contribution in [0.5, 0.6) is 0 Å². The molecule has 0 radical (unpaired) electrons. The highest BCUT2D eigenvalue weighted by Crippen LogP contribution is 2.44. The Morgan fingerprint density at radius 1 is 1.00 bits per heavy atom. The fourth-order valence-electron chi connectivity index (χ4n) is 4.86. The molecule has 2 aromatic heterocycles. The van der Waals surface area contributed by atoms with E-state index in [2.05, 4.69) is 31.2 Å². The van der Waals surface area contributed by atoms with Crippen molar-refractivity contribution in [2.75, 3.05) is 70.2 Å². The normalized spacial score (nSPS) is 17.7. The monoisotopic (exact) mass is 536 g/mol. The van der Waals surface area contributed by atoms with Crippen LogP contribution in [-0.2, 0) is 4.74 Å². The first-order valence-corrected chi connectivity index (χ1v) is 13.3. The molecule has 38 heavy (non-hydrogen) atoms. The van der Waals surface area contributed by atoms with Crippen LogP contribution >= 0.6 is 11.3 Å². The second-order valence-electron chi connectivity index (χ2n) is 9.43. The number of nitrogens with zero attached hydrogens (tertiary/aromatic N) is 4. The Bertz CT molecular complexity index is 1390. The number of H-pyrrole nitrogens is 1. The minimum absolute atomic E-state index is 0.129. The van der Waals surface area contributed by atoms with Crippen molar-refractivity contribution in [2.24, 2.45) is 0 Å². The van der Waals surface area contributed by atoms with Gasteiger partial charge in [0.05, 0.1) is 45.6 Å². The van der Waals surface area contributed by atoms with Crippen molar-refractivity contribution in [1.29, 1.82) is 0 Å². The molecule has 0 unspecified atom stereocenters. The maximum absolute atomic E-state index is 13.6. The largest absolute Gasteiger partial charge is 0.379 e. The smallest absolute Gasteiger partial charge is 0.333 e. The third kappa shape index (κ3) is 4.65. The van der Waals surface area contributed by atoms with Gasteiger partial charge in [0.15, 0.2) is 5.78 Å². The molecule has 6 rings (SSSR count). The first-order chi connectivity index (χ1) is 18.5. The molecule has 0 saturated carbocycles. The number of aromatic nitrogens is 2. The molecular formula is C25H28N8O4S. The van der Waals surface area contributed by atoms with Crippen LogP contribution in [-0.4, -0.2) is 102 Å². The average molecular weight is 537 g/mol. The number of piperazine rings is 1. The summed E-state index contributed by atoms with van der Waals surface area (Å²) in [5.41, 5.74) is 5.91. The van der Waals surface area contributed by atoms with E-state index in [-0.39, 0.29) is 11.8 Å². The Hall–Kier alpha value is -3.78. The molecule has 1 aromatic carbocycles. The molecule has 2 fully saturated rings. The van der Waals surface area contributed by atoms with Gasteiger partial charge >= 0.3 is 12.1 Å². The zero-order valence-electron chi connectivity index (χ0n) is 20.9. The first kappa shape index (κ1) is 24.6. The summed E-state index contributed by atoms with van der Waals surface area (Å²) in [6.45, 7) is 5.34. The molecule has 12 nitrogen and oxygen atoms in total. The van der Waals surface area contributed by atoms with E-state index < -0.39 is 6.03 Å². The van der Waals surface area contributed by atoms with Crippen molar-refractivity contribution in [3.05, 3.63) is 41.5 Å². The molecule has 1 aliphatic carbocycles. The fourth-order valence-corrected chi connectivity index (χ4v) is 5.76. The number of likely N-dealkylation sites (N-methyl/N-ethyl adjacent to an activating group) is 1. The third-order valence-electron chi connectivity index (χ3n) is 6.93. The van der Waals surface area contributed by atoms with Crippen LogP contribution in [0.2, 0.25) is 0 Å². The van der Waals surface area contributed by atoms with Crippen LogP contribution in [0, 0.1) is 0 Å². The van der Waals surface area contributed by atoms with Gasteiger partial charge in [-0.3, -0.25) is 20.6 Å². The van der Waals surface area contributed by atoms with Crippen molar-refractivity contribution >= 4 is 39.9 Å². The van der Waals surface area contributed by atoms with Crippen molar-refractivity contribution < 1.29 is 19.1 Å². The number of benzene rings is 1. The summed E-state index contributed by atoms with van der Waals surface area (Å²) >= 11 is 1.38. The number of ether oxygens (including phenoxy) is 1. The van der Waals surface area contributed by atoms with Crippen LogP contribution in [0.25, 0.3) is 21.8 Å². The van der Waals surface area contributed by atoms with Gasteiger partial charge in [-0.1, -0.05) is 12.1 Å². The summed E-state index contributed by atoms with van der Waals surface area (Å²) in [5.74, 6) is -0.211. The number of carbonyl (C=O) groups excluding carboxylic acids is 3. The molecule has 4 heterocycles. The molecular weight excluding hydrogens is 508 g/mol. The standard InChI is InChI=1S/C25H28N8O4S/c1-31-7-9-32(10-8-31)25(36)27-18-6-5-17(38-18)22-20-21(28-29-22)15-3-2-4-16(19(15)23(20)34)26-24(35)30-33-11-13-37-14-12-33/h2-6H,7-14H2,1H3,(H,27,36)(H,28,29)(H2,26,30,35). The molecule has 2 aliphatic heterocycles. The quantitative estimate of drug-likeness (QED) is 0.315. The maximum Gasteiger partial charge on any atom is 0.333 e. The SMILES string of the molecule is CN1CCN(C(=O)Nc2ccc(-c3[nH]nc4c3C(=O)c3c(NC(=O)NN5CCOCC5)cccc3-4)s2)CC1. The lowest BCUT2D eigenvalue weighted by Crippen LogP contribution is -2.49. The number of hydrazine groups is 1. The van der Waals surface area contributed by atoms with E-state index in [0.717, 1.165) is 18.0 Å². The van der Waals surface area contributed by atoms with Gasteiger partial charge in [-0.05, 0) is 25.2 Å². The van der Waals surface area contributed by atoms with Gasteiger partial charge in [0, 0.05) is 44.8 Å². The number of hydrogen-bond donors (Lipinski definition) is 4. The van der Waals surface area contributed by atoms with E-state index >= 15 is 0 Å². The molecule has 0 bridgehead atoms. The van der Waals surface area contributed by atoms with E-state index in [1.807, 2.05) is 25.2 Å². The zero-order valence-corrected chi connectivity index (χ0v) is 21.7. The number of fused-ring (bicyclic) bond motifs is 3. The molecule has 0 atom stereocenters. The summed E-state index contributed by atoms with van der Waals surface area (Å²) in [7, 11) is 2.04. The van der Waals surface area contributed by atoms with E-state index in [1.165, 1.54) is 11.3 Å². The van der Waals surface area contributed by atoms with Crippen molar-refractivity contribution in [1.82, 2.24) is 30.4 Å². The van der Waals surface area contributed by atoms with Gasteiger partial charge in [0.25, 0.3) is 0 Å². The van der Waals surface area contributed by atoms with Crippen LogP contribution in [0.4, 0.5) is 20.3 Å². The summed E-state index contributed by atoms with van der Waals surface area (Å²) in [6, 6.07) is 8.47. The lowest BCUT2D eigenvalue weighted by molar-refractivity contribution is 0.0207. The number of amides is 4. The number of anilines is 2. The number of hydrogen-bond acceptors (Lipinski definition) is 8. The highest BCUT2D eigenvalue weighted by atomic mass is 32.1. The Kier molecular flexibility index (Phi) is 6.57. The maximum atomic E-state index is 13.6. The van der Waals surface area contributed by atoms with E-state index in [9.17, 15) is 14.4 Å². The van der Waals surface area contributed by atoms with Crippen molar-refractivity contribution in [3.8, 4) is 21.8 Å². The number of ketones is 1. The predicted molar refractivity (Wildman–Crippen MR) is 143 cm³/mol. The summed E-state index contributed by atoms with van der Waals surface area (Å²) in [4.78, 5) is 43.7. The number of nitrogens with one attached hydrogen (secondary N) is 4. The highest BCUT2D eigenvalue weighted by Gasteiger charge is 2.35. The van der Waals surface area contributed by atoms with Crippen molar-refractivity contribution in [2.45, 2.75) is 0 Å². The number of rotatable bonds is 4. The molecule has 4 amide bonds. The minimum Gasteiger partial charge on any atom is -0.379 e. The Labute approximate surface area is 222 Å². The van der Waals surface area contributed by atoms with Gasteiger partial charge in [0.2, 0.25) is 0 Å². The van der Waals surface area contributed by atoms with Gasteiger partial charge < -0.3 is 19.9 Å². The number of aromatic amines is 1. The number of urea groups is 2. The lowest BCUT2D eigenvalue weighted by Gasteiger charge is -2.32. The first-order valence-electron chi connectivity index (χ1n) is 12.5. The third-order valence-corrected chi connectivity index (χ3v) is 7.95. The highest BCUT2D eigenvalue weighted by molar-refractivity contribution is 7.19. The predicted octanol–water partition coefficient (Wildman–Crippen LogP) is 2.50. The number of morpholine rings is 1. The summed E-state index contributed by atoms with van der Waals surface area (Å²) < 4.78 is 5.31. The molecule has 3 aliphatic rings. The minimum atomic E-state index is -0.418. The Morgan fingerprint density at radius 2 is 1.79 bits per heavy atom. The molecule has 13 heteroatoms. The Morgan fingerprint density at radius 3 is 2.58 bits per heavy atom. The van der Waals surface area contributed by atoms with Crippen LogP contribution in [0.15, 0.2) is 30.3 Å². The molecule has 0 spiro atoms. The molecule has 198 valence electrons. The van der Waals surface area contributed by atoms with Gasteiger partial charge in [-0.15, -0.1) is 11.3 Å². The van der Waals surface area contributed by atoms with Crippen molar-refractivity contribution in [3.63, 3.8) is 0 Å². The summed E-state index contributed by atoms with van der Waals surface area (Å²) in [6.07, 6.45) is 0. The Balaban J connectivity index is 1.18. The van der Waals surface area contributed by atoms with E-state index in [0.29, 0.717) is 78.2 Å². The lowest BCUT2D eigenvalue weighted by atomic mass is 10.1. The summed E-state index contributed by atoms with van der Waals surface area (Å²) in [5, 5.41) is 15.7. The topological polar surface area (TPSA) is 135 Å². The molecule has 4 N–H and O–H groups in total. The van der Waals surface area contributed by atoms with Gasteiger partial charge in [-0.25, -0.2) is 14.6 Å². The van der Waals surface area contributed by atoms with Gasteiger partial charge in [-0.2, -0.15) is 5.10 Å². The number of thiophene rings is 1. The second-order valence-corrected chi connectivity index (χ2v) is 10.5. The molecule has 2 saturated heterocycles. The van der Waals surface area contributed by atoms with Crippen LogP contribution in [0.3, 0.4) is 0 Å². The second kappa shape index (κ2) is 10.2. The van der Waals surface area contributed by atoms with E-state index in [1.54, 1.807) is 22.0 Å². The van der Waals surface area contributed by atoms with E-state index in [4.69, 9.17) is 4.74 Å². The zero-order chi connectivity index (χ0) is 26.2.